The minimum absolute atomic E-state index is 0.107. The molecule has 2 fully saturated rings. The maximum absolute atomic E-state index is 13.9. The van der Waals surface area contributed by atoms with Crippen LogP contribution in [0.2, 0.25) is 0 Å². The van der Waals surface area contributed by atoms with E-state index in [1.807, 2.05) is 75.4 Å². The largest absolute Gasteiger partial charge is 0.489 e. The number of alkyl carbamates (subject to hydrolysis) is 1. The molecule has 2 N–H and O–H groups in total. The summed E-state index contributed by atoms with van der Waals surface area (Å²) < 4.78 is 11.5. The first-order valence-corrected chi connectivity index (χ1v) is 13.4. The Morgan fingerprint density at radius 3 is 2.38 bits per heavy atom. The molecule has 2 amide bonds. The average Bonchev–Trinajstić information content (AvgIpc) is 3.32. The highest BCUT2D eigenvalue weighted by atomic mass is 16.6. The van der Waals surface area contributed by atoms with Crippen LogP contribution in [-0.2, 0) is 16.1 Å². The second kappa shape index (κ2) is 11.5. The zero-order valence-corrected chi connectivity index (χ0v) is 22.2. The van der Waals surface area contributed by atoms with Crippen molar-refractivity contribution in [1.29, 1.82) is 0 Å². The number of amides is 2. The number of ether oxygens (including phenoxy) is 2. The van der Waals surface area contributed by atoms with Crippen molar-refractivity contribution in [2.75, 3.05) is 13.1 Å². The zero-order chi connectivity index (χ0) is 26.5. The highest BCUT2D eigenvalue weighted by Gasteiger charge is 2.46. The lowest BCUT2D eigenvalue weighted by Crippen LogP contribution is -2.48. The van der Waals surface area contributed by atoms with Gasteiger partial charge in [-0.1, -0.05) is 61.7 Å². The third-order valence-corrected chi connectivity index (χ3v) is 7.17. The van der Waals surface area contributed by atoms with Crippen LogP contribution in [0, 0.1) is 0 Å². The van der Waals surface area contributed by atoms with Gasteiger partial charge in [0.25, 0.3) is 0 Å². The molecule has 2 atom stereocenters. The number of hydrogen-bond acceptors (Lipinski definition) is 5. The Hall–Kier alpha value is -3.06. The van der Waals surface area contributed by atoms with Crippen LogP contribution in [-0.4, -0.2) is 52.3 Å². The SMILES string of the molecule is CC(C)(C)NC(=O)O[C@@H]1CCN(C(=O)C(c2ccc(OCc3ccccc3)cc2)C2(O)CCCCC2)C1. The minimum Gasteiger partial charge on any atom is -0.489 e. The molecule has 37 heavy (non-hydrogen) atoms. The number of likely N-dealkylation sites (tertiary alicyclic amines) is 1. The van der Waals surface area contributed by atoms with E-state index >= 15 is 0 Å². The van der Waals surface area contributed by atoms with Crippen molar-refractivity contribution < 1.29 is 24.2 Å². The van der Waals surface area contributed by atoms with Gasteiger partial charge >= 0.3 is 6.09 Å². The molecule has 0 radical (unpaired) electrons. The number of nitrogens with zero attached hydrogens (tertiary/aromatic N) is 1. The Kier molecular flexibility index (Phi) is 8.42. The van der Waals surface area contributed by atoms with Crippen LogP contribution in [0.5, 0.6) is 5.75 Å². The van der Waals surface area contributed by atoms with Crippen LogP contribution in [0.15, 0.2) is 54.6 Å². The topological polar surface area (TPSA) is 88.1 Å². The van der Waals surface area contributed by atoms with E-state index in [9.17, 15) is 14.7 Å². The Bertz CT molecular complexity index is 1040. The van der Waals surface area contributed by atoms with Gasteiger partial charge in [0.05, 0.1) is 18.1 Å². The van der Waals surface area contributed by atoms with Crippen molar-refractivity contribution in [3.05, 3.63) is 65.7 Å². The van der Waals surface area contributed by atoms with Gasteiger partial charge < -0.3 is 24.8 Å². The molecule has 4 rings (SSSR count). The van der Waals surface area contributed by atoms with Crippen molar-refractivity contribution in [3.63, 3.8) is 0 Å². The van der Waals surface area contributed by atoms with Gasteiger partial charge in [-0.2, -0.15) is 0 Å². The molecule has 1 heterocycles. The second-order valence-electron chi connectivity index (χ2n) is 11.4. The van der Waals surface area contributed by atoms with Gasteiger partial charge in [-0.15, -0.1) is 0 Å². The van der Waals surface area contributed by atoms with Crippen LogP contribution in [0.3, 0.4) is 0 Å². The van der Waals surface area contributed by atoms with Crippen molar-refractivity contribution in [2.24, 2.45) is 0 Å². The normalized spacial score (nSPS) is 20.2. The second-order valence-corrected chi connectivity index (χ2v) is 11.4. The van der Waals surface area contributed by atoms with Gasteiger partial charge in [-0.3, -0.25) is 4.79 Å². The summed E-state index contributed by atoms with van der Waals surface area (Å²) in [6, 6.07) is 17.5. The first-order chi connectivity index (χ1) is 17.6. The molecular formula is C30H40N2O5. The lowest BCUT2D eigenvalue weighted by molar-refractivity contribution is -0.141. The lowest BCUT2D eigenvalue weighted by atomic mass is 9.72. The molecule has 7 heteroatoms. The molecule has 1 aliphatic carbocycles. The van der Waals surface area contributed by atoms with Gasteiger partial charge in [0.1, 0.15) is 18.5 Å². The lowest BCUT2D eigenvalue weighted by Gasteiger charge is -2.40. The fourth-order valence-electron chi connectivity index (χ4n) is 5.33. The molecule has 0 bridgehead atoms. The number of carbonyl (C=O) groups excluding carboxylic acids is 2. The number of aliphatic hydroxyl groups is 1. The first-order valence-electron chi connectivity index (χ1n) is 13.4. The molecule has 1 unspecified atom stereocenters. The van der Waals surface area contributed by atoms with E-state index in [0.29, 0.717) is 44.7 Å². The van der Waals surface area contributed by atoms with Gasteiger partial charge in [-0.25, -0.2) is 4.79 Å². The molecule has 0 spiro atoms. The Labute approximate surface area is 220 Å². The molecular weight excluding hydrogens is 468 g/mol. The molecule has 1 saturated carbocycles. The fraction of sp³-hybridized carbons (Fsp3) is 0.533. The van der Waals surface area contributed by atoms with Crippen molar-refractivity contribution >= 4 is 12.0 Å². The van der Waals surface area contributed by atoms with Gasteiger partial charge in [0, 0.05) is 18.5 Å². The molecule has 2 aromatic rings. The minimum atomic E-state index is -1.09. The van der Waals surface area contributed by atoms with Gasteiger partial charge in [-0.05, 0) is 56.9 Å². The van der Waals surface area contributed by atoms with Crippen LogP contribution >= 0.6 is 0 Å². The number of hydrogen-bond donors (Lipinski definition) is 2. The monoisotopic (exact) mass is 508 g/mol. The summed E-state index contributed by atoms with van der Waals surface area (Å²) in [5.74, 6) is -0.0586. The Morgan fingerprint density at radius 2 is 1.73 bits per heavy atom. The van der Waals surface area contributed by atoms with E-state index in [4.69, 9.17) is 9.47 Å². The van der Waals surface area contributed by atoms with Crippen molar-refractivity contribution in [2.45, 2.75) is 89.1 Å². The molecule has 1 aliphatic heterocycles. The molecule has 2 aliphatic rings. The van der Waals surface area contributed by atoms with Crippen LogP contribution < -0.4 is 10.1 Å². The summed E-state index contributed by atoms with van der Waals surface area (Å²) in [6.07, 6.45) is 3.81. The van der Waals surface area contributed by atoms with E-state index in [2.05, 4.69) is 5.32 Å². The highest BCUT2D eigenvalue weighted by Crippen LogP contribution is 2.42. The standard InChI is InChI=1S/C30H40N2O5/c1-29(2,3)31-28(34)37-25-16-19-32(20-25)27(33)26(30(35)17-8-5-9-18-30)23-12-14-24(15-13-23)36-21-22-10-6-4-7-11-22/h4,6-7,10-15,25-26,35H,5,8-9,16-21H2,1-3H3,(H,31,34)/t25-,26?/m1/s1. The van der Waals surface area contributed by atoms with Gasteiger partial charge in [0.15, 0.2) is 0 Å². The Morgan fingerprint density at radius 1 is 1.05 bits per heavy atom. The number of carbonyl (C=O) groups is 2. The summed E-state index contributed by atoms with van der Waals surface area (Å²) >= 11 is 0. The van der Waals surface area contributed by atoms with E-state index in [1.165, 1.54) is 0 Å². The van der Waals surface area contributed by atoms with E-state index in [-0.39, 0.29) is 12.0 Å². The quantitative estimate of drug-likeness (QED) is 0.539. The molecule has 7 nitrogen and oxygen atoms in total. The summed E-state index contributed by atoms with van der Waals surface area (Å²) in [5, 5.41) is 14.5. The number of benzene rings is 2. The third-order valence-electron chi connectivity index (χ3n) is 7.17. The van der Waals surface area contributed by atoms with Crippen molar-refractivity contribution in [1.82, 2.24) is 10.2 Å². The average molecular weight is 509 g/mol. The van der Waals surface area contributed by atoms with E-state index in [0.717, 1.165) is 30.4 Å². The van der Waals surface area contributed by atoms with E-state index in [1.54, 1.807) is 4.90 Å². The maximum atomic E-state index is 13.9. The fourth-order valence-corrected chi connectivity index (χ4v) is 5.33. The summed E-state index contributed by atoms with van der Waals surface area (Å²) in [6.45, 7) is 6.98. The molecule has 200 valence electrons. The molecule has 2 aromatic carbocycles. The Balaban J connectivity index is 1.46. The molecule has 0 aromatic heterocycles. The predicted molar refractivity (Wildman–Crippen MR) is 142 cm³/mol. The van der Waals surface area contributed by atoms with Gasteiger partial charge in [0.2, 0.25) is 5.91 Å². The summed E-state index contributed by atoms with van der Waals surface area (Å²) in [7, 11) is 0. The van der Waals surface area contributed by atoms with Crippen LogP contribution in [0.25, 0.3) is 0 Å². The smallest absolute Gasteiger partial charge is 0.407 e. The summed E-state index contributed by atoms with van der Waals surface area (Å²) in [5.41, 5.74) is 0.386. The van der Waals surface area contributed by atoms with Crippen LogP contribution in [0.4, 0.5) is 4.79 Å². The number of rotatable bonds is 7. The van der Waals surface area contributed by atoms with Crippen LogP contribution in [0.1, 0.15) is 76.3 Å². The maximum Gasteiger partial charge on any atom is 0.407 e. The highest BCUT2D eigenvalue weighted by molar-refractivity contribution is 5.85. The molecule has 1 saturated heterocycles. The first kappa shape index (κ1) is 27.0. The number of nitrogens with one attached hydrogen (secondary N) is 1. The summed E-state index contributed by atoms with van der Waals surface area (Å²) in [4.78, 5) is 27.9. The van der Waals surface area contributed by atoms with E-state index < -0.39 is 23.2 Å². The third kappa shape index (κ3) is 7.25. The predicted octanol–water partition coefficient (Wildman–Crippen LogP) is 5.17. The van der Waals surface area contributed by atoms with Crippen molar-refractivity contribution in [3.8, 4) is 5.75 Å². The zero-order valence-electron chi connectivity index (χ0n) is 22.2.